The van der Waals surface area contributed by atoms with Crippen LogP contribution in [0.4, 0.5) is 0 Å². The van der Waals surface area contributed by atoms with Crippen molar-refractivity contribution in [1.82, 2.24) is 19.6 Å². The molecule has 0 aliphatic carbocycles. The Morgan fingerprint density at radius 2 is 1.62 bits per heavy atom. The molecule has 2 rings (SSSR count). The molecule has 116 valence electrons. The van der Waals surface area contributed by atoms with Gasteiger partial charge in [-0.3, -0.25) is 9.36 Å². The lowest BCUT2D eigenvalue weighted by Gasteiger charge is -2.26. The third-order valence-electron chi connectivity index (χ3n) is 4.04. The van der Waals surface area contributed by atoms with E-state index in [0.29, 0.717) is 6.04 Å². The van der Waals surface area contributed by atoms with Gasteiger partial charge in [-0.15, -0.1) is 0 Å². The molecule has 2 heterocycles. The number of nitrogens with zero attached hydrogens (tertiary/aromatic N) is 4. The maximum absolute atomic E-state index is 4.76. The molecule has 1 unspecified atom stereocenters. The minimum absolute atomic E-state index is 0.0362. The van der Waals surface area contributed by atoms with Gasteiger partial charge in [-0.25, -0.2) is 0 Å². The Morgan fingerprint density at radius 1 is 1.00 bits per heavy atom. The highest BCUT2D eigenvalue weighted by molar-refractivity contribution is 5.14. The summed E-state index contributed by atoms with van der Waals surface area (Å²) < 4.78 is 3.96. The van der Waals surface area contributed by atoms with E-state index in [1.54, 1.807) is 0 Å². The van der Waals surface area contributed by atoms with Gasteiger partial charge in [0.15, 0.2) is 0 Å². The summed E-state index contributed by atoms with van der Waals surface area (Å²) in [5.41, 5.74) is 2.42. The molecular weight excluding hydrogens is 260 g/mol. The van der Waals surface area contributed by atoms with Gasteiger partial charge in [-0.1, -0.05) is 34.6 Å². The van der Waals surface area contributed by atoms with E-state index >= 15 is 0 Å². The first-order chi connectivity index (χ1) is 9.59. The van der Waals surface area contributed by atoms with Gasteiger partial charge in [0.25, 0.3) is 0 Å². The predicted octanol–water partition coefficient (Wildman–Crippen LogP) is 3.84. The Bertz CT molecular complexity index is 598. The highest BCUT2D eigenvalue weighted by atomic mass is 15.3. The monoisotopic (exact) mass is 288 g/mol. The van der Waals surface area contributed by atoms with Crippen LogP contribution in [0, 0.1) is 0 Å². The number of aromatic nitrogens is 4. The van der Waals surface area contributed by atoms with Crippen molar-refractivity contribution in [1.29, 1.82) is 0 Å². The van der Waals surface area contributed by atoms with E-state index in [-0.39, 0.29) is 10.8 Å². The highest BCUT2D eigenvalue weighted by Gasteiger charge is 2.27. The van der Waals surface area contributed by atoms with Gasteiger partial charge in [-0.2, -0.15) is 10.2 Å². The highest BCUT2D eigenvalue weighted by Crippen LogP contribution is 2.31. The van der Waals surface area contributed by atoms with Gasteiger partial charge in [0, 0.05) is 36.3 Å². The van der Waals surface area contributed by atoms with Crippen LogP contribution in [0.2, 0.25) is 0 Å². The fourth-order valence-electron chi connectivity index (χ4n) is 2.70. The predicted molar refractivity (Wildman–Crippen MR) is 86.5 cm³/mol. The second-order valence-corrected chi connectivity index (χ2v) is 7.74. The third-order valence-corrected chi connectivity index (χ3v) is 4.04. The minimum Gasteiger partial charge on any atom is -0.276 e. The van der Waals surface area contributed by atoms with Crippen LogP contribution in [0.1, 0.15) is 65.4 Å². The zero-order chi connectivity index (χ0) is 15.8. The van der Waals surface area contributed by atoms with Crippen LogP contribution in [0.3, 0.4) is 0 Å². The molecule has 0 amide bonds. The van der Waals surface area contributed by atoms with Crippen LogP contribution in [-0.2, 0) is 17.9 Å². The molecule has 0 aliphatic heterocycles. The molecule has 0 radical (unpaired) electrons. The number of aryl methyl sites for hydroxylation is 1. The molecule has 2 aromatic heterocycles. The summed E-state index contributed by atoms with van der Waals surface area (Å²) in [4.78, 5) is 0. The molecular formula is C17H28N4. The lowest BCUT2D eigenvalue weighted by Crippen LogP contribution is -2.24. The second kappa shape index (κ2) is 5.32. The fraction of sp³-hybridized carbons (Fsp3) is 0.647. The van der Waals surface area contributed by atoms with Gasteiger partial charge in [0.2, 0.25) is 0 Å². The van der Waals surface area contributed by atoms with Crippen LogP contribution < -0.4 is 0 Å². The summed E-state index contributed by atoms with van der Waals surface area (Å²) in [6.45, 7) is 13.3. The Morgan fingerprint density at radius 3 is 2.10 bits per heavy atom. The molecule has 4 nitrogen and oxygen atoms in total. The van der Waals surface area contributed by atoms with Crippen LogP contribution in [0.25, 0.3) is 0 Å². The van der Waals surface area contributed by atoms with Crippen molar-refractivity contribution in [2.24, 2.45) is 7.05 Å². The van der Waals surface area contributed by atoms with E-state index in [9.17, 15) is 0 Å². The van der Waals surface area contributed by atoms with E-state index in [0.717, 1.165) is 17.8 Å². The van der Waals surface area contributed by atoms with Crippen molar-refractivity contribution in [3.05, 3.63) is 35.9 Å². The van der Waals surface area contributed by atoms with Crippen molar-refractivity contribution >= 4 is 0 Å². The first-order valence-electron chi connectivity index (χ1n) is 7.65. The van der Waals surface area contributed by atoms with Crippen LogP contribution in [0.15, 0.2) is 24.5 Å². The van der Waals surface area contributed by atoms with Crippen molar-refractivity contribution in [3.63, 3.8) is 0 Å². The van der Waals surface area contributed by atoms with Crippen molar-refractivity contribution in [3.8, 4) is 0 Å². The largest absolute Gasteiger partial charge is 0.276 e. The van der Waals surface area contributed by atoms with E-state index < -0.39 is 0 Å². The quantitative estimate of drug-likeness (QED) is 0.857. The summed E-state index contributed by atoms with van der Waals surface area (Å²) in [5, 5.41) is 9.32. The number of hydrogen-bond donors (Lipinski definition) is 0. The number of rotatable bonds is 4. The van der Waals surface area contributed by atoms with Crippen LogP contribution >= 0.6 is 0 Å². The molecule has 2 aromatic rings. The Labute approximate surface area is 128 Å². The van der Waals surface area contributed by atoms with Crippen molar-refractivity contribution < 1.29 is 0 Å². The molecule has 0 aromatic carbocycles. The summed E-state index contributed by atoms with van der Waals surface area (Å²) in [5.74, 6) is 0. The molecule has 0 spiro atoms. The lowest BCUT2D eigenvalue weighted by molar-refractivity contribution is 0.342. The standard InChI is InChI=1S/C17H28N4/c1-13(21-11-9-14(19-21)16(2,3)4)12-17(5,6)15-8-10-20(7)18-15/h8-11,13H,12H2,1-7H3. The minimum atomic E-state index is 0.0362. The smallest absolute Gasteiger partial charge is 0.0681 e. The van der Waals surface area contributed by atoms with Gasteiger partial charge in [-0.05, 0) is 25.5 Å². The molecule has 4 heteroatoms. The van der Waals surface area contributed by atoms with Gasteiger partial charge < -0.3 is 0 Å². The SMILES string of the molecule is CC(CC(C)(C)c1ccn(C)n1)n1ccc(C(C)(C)C)n1. The van der Waals surface area contributed by atoms with E-state index in [1.807, 2.05) is 17.9 Å². The molecule has 0 N–H and O–H groups in total. The van der Waals surface area contributed by atoms with Crippen molar-refractivity contribution in [2.45, 2.75) is 64.8 Å². The first kappa shape index (κ1) is 15.8. The average Bonchev–Trinajstić information content (AvgIpc) is 2.95. The molecule has 0 aliphatic rings. The van der Waals surface area contributed by atoms with Crippen molar-refractivity contribution in [2.75, 3.05) is 0 Å². The zero-order valence-electron chi connectivity index (χ0n) is 14.4. The maximum atomic E-state index is 4.76. The van der Waals surface area contributed by atoms with Crippen LogP contribution in [-0.4, -0.2) is 19.6 Å². The molecule has 0 saturated heterocycles. The normalized spacial score (nSPS) is 14.4. The summed E-state index contributed by atoms with van der Waals surface area (Å²) >= 11 is 0. The number of hydrogen-bond acceptors (Lipinski definition) is 2. The van der Waals surface area contributed by atoms with E-state index in [1.165, 1.54) is 0 Å². The van der Waals surface area contributed by atoms with Crippen LogP contribution in [0.5, 0.6) is 0 Å². The topological polar surface area (TPSA) is 35.6 Å². The third kappa shape index (κ3) is 3.55. The Balaban J connectivity index is 2.14. The molecule has 0 bridgehead atoms. The summed E-state index contributed by atoms with van der Waals surface area (Å²) in [7, 11) is 1.96. The van der Waals surface area contributed by atoms with E-state index in [2.05, 4.69) is 69.7 Å². The van der Waals surface area contributed by atoms with Gasteiger partial charge in [0.05, 0.1) is 11.4 Å². The lowest BCUT2D eigenvalue weighted by atomic mass is 9.83. The zero-order valence-corrected chi connectivity index (χ0v) is 14.4. The van der Waals surface area contributed by atoms with E-state index in [4.69, 9.17) is 5.10 Å². The summed E-state index contributed by atoms with van der Waals surface area (Å²) in [6.07, 6.45) is 5.11. The maximum Gasteiger partial charge on any atom is 0.0681 e. The Kier molecular flexibility index (Phi) is 4.00. The molecule has 21 heavy (non-hydrogen) atoms. The molecule has 0 saturated carbocycles. The fourth-order valence-corrected chi connectivity index (χ4v) is 2.70. The average molecular weight is 288 g/mol. The molecule has 1 atom stereocenters. The van der Waals surface area contributed by atoms with Gasteiger partial charge >= 0.3 is 0 Å². The van der Waals surface area contributed by atoms with Gasteiger partial charge in [0.1, 0.15) is 0 Å². The summed E-state index contributed by atoms with van der Waals surface area (Å²) in [6, 6.07) is 4.58. The second-order valence-electron chi connectivity index (χ2n) is 7.74. The Hall–Kier alpha value is -1.58. The molecule has 0 fully saturated rings. The first-order valence-corrected chi connectivity index (χ1v) is 7.65.